The van der Waals surface area contributed by atoms with Gasteiger partial charge in [-0.25, -0.2) is 0 Å². The van der Waals surface area contributed by atoms with Crippen LogP contribution in [0, 0.1) is 5.92 Å². The summed E-state index contributed by atoms with van der Waals surface area (Å²) in [5.41, 5.74) is 0.440. The molecule has 1 saturated heterocycles. The summed E-state index contributed by atoms with van der Waals surface area (Å²) in [6, 6.07) is 5.11. The SMILES string of the molecule is CC1CNCCC1NC(=O)c1cc(Cl)ccc1Cl. The molecule has 0 saturated carbocycles. The van der Waals surface area contributed by atoms with Crippen LogP contribution in [0.4, 0.5) is 0 Å². The van der Waals surface area contributed by atoms with Gasteiger partial charge in [-0.3, -0.25) is 4.79 Å². The fourth-order valence-electron chi connectivity index (χ4n) is 2.15. The third-order valence-electron chi connectivity index (χ3n) is 3.27. The lowest BCUT2D eigenvalue weighted by atomic mass is 9.95. The van der Waals surface area contributed by atoms with E-state index >= 15 is 0 Å². The quantitative estimate of drug-likeness (QED) is 0.878. The largest absolute Gasteiger partial charge is 0.349 e. The van der Waals surface area contributed by atoms with Gasteiger partial charge in [-0.2, -0.15) is 0 Å². The van der Waals surface area contributed by atoms with Gasteiger partial charge >= 0.3 is 0 Å². The summed E-state index contributed by atoms with van der Waals surface area (Å²) in [4.78, 5) is 12.2. The van der Waals surface area contributed by atoms with Gasteiger partial charge < -0.3 is 10.6 Å². The van der Waals surface area contributed by atoms with Gasteiger partial charge in [0.2, 0.25) is 0 Å². The summed E-state index contributed by atoms with van der Waals surface area (Å²) in [7, 11) is 0. The summed E-state index contributed by atoms with van der Waals surface area (Å²) >= 11 is 11.9. The van der Waals surface area contributed by atoms with Crippen LogP contribution < -0.4 is 10.6 Å². The maximum atomic E-state index is 12.2. The highest BCUT2D eigenvalue weighted by Crippen LogP contribution is 2.21. The van der Waals surface area contributed by atoms with Crippen molar-refractivity contribution in [3.8, 4) is 0 Å². The van der Waals surface area contributed by atoms with Crippen LogP contribution >= 0.6 is 23.2 Å². The molecule has 1 aromatic carbocycles. The first-order chi connectivity index (χ1) is 8.58. The van der Waals surface area contributed by atoms with Crippen molar-refractivity contribution in [1.29, 1.82) is 0 Å². The topological polar surface area (TPSA) is 41.1 Å². The predicted octanol–water partition coefficient (Wildman–Crippen LogP) is 2.72. The molecule has 1 aliphatic heterocycles. The maximum Gasteiger partial charge on any atom is 0.253 e. The van der Waals surface area contributed by atoms with Crippen molar-refractivity contribution in [1.82, 2.24) is 10.6 Å². The van der Waals surface area contributed by atoms with Crippen LogP contribution in [-0.2, 0) is 0 Å². The van der Waals surface area contributed by atoms with E-state index in [1.54, 1.807) is 18.2 Å². The van der Waals surface area contributed by atoms with E-state index in [9.17, 15) is 4.79 Å². The van der Waals surface area contributed by atoms with E-state index < -0.39 is 0 Å². The van der Waals surface area contributed by atoms with E-state index in [1.807, 2.05) is 0 Å². The molecule has 3 nitrogen and oxygen atoms in total. The van der Waals surface area contributed by atoms with Crippen LogP contribution in [0.1, 0.15) is 23.7 Å². The summed E-state index contributed by atoms with van der Waals surface area (Å²) in [6.45, 7) is 3.98. The summed E-state index contributed by atoms with van der Waals surface area (Å²) in [5.74, 6) is 0.266. The number of rotatable bonds is 2. The minimum atomic E-state index is -0.152. The number of carbonyl (C=O) groups excluding carboxylic acids is 1. The molecule has 1 aromatic rings. The zero-order valence-electron chi connectivity index (χ0n) is 10.2. The lowest BCUT2D eigenvalue weighted by Gasteiger charge is -2.30. The highest BCUT2D eigenvalue weighted by molar-refractivity contribution is 6.35. The van der Waals surface area contributed by atoms with Crippen LogP contribution in [0.25, 0.3) is 0 Å². The third kappa shape index (κ3) is 3.16. The second-order valence-electron chi connectivity index (χ2n) is 4.67. The van der Waals surface area contributed by atoms with Crippen LogP contribution in [0.3, 0.4) is 0 Å². The molecule has 0 spiro atoms. The minimum absolute atomic E-state index is 0.152. The number of hydrogen-bond donors (Lipinski definition) is 2. The summed E-state index contributed by atoms with van der Waals surface area (Å²) < 4.78 is 0. The second-order valence-corrected chi connectivity index (χ2v) is 5.52. The van der Waals surface area contributed by atoms with Crippen LogP contribution in [-0.4, -0.2) is 25.0 Å². The van der Waals surface area contributed by atoms with Gasteiger partial charge in [0.1, 0.15) is 0 Å². The molecule has 2 atom stereocenters. The van der Waals surface area contributed by atoms with Crippen molar-refractivity contribution in [2.45, 2.75) is 19.4 Å². The Hall–Kier alpha value is -0.770. The molecule has 5 heteroatoms. The summed E-state index contributed by atoms with van der Waals surface area (Å²) in [6.07, 6.45) is 0.936. The van der Waals surface area contributed by atoms with Crippen LogP contribution in [0.5, 0.6) is 0 Å². The summed E-state index contributed by atoms with van der Waals surface area (Å²) in [5, 5.41) is 7.28. The molecule has 98 valence electrons. The Balaban J connectivity index is 2.09. The molecule has 0 bridgehead atoms. The fraction of sp³-hybridized carbons (Fsp3) is 0.462. The average molecular weight is 287 g/mol. The van der Waals surface area contributed by atoms with Crippen molar-refractivity contribution in [3.63, 3.8) is 0 Å². The van der Waals surface area contributed by atoms with Crippen LogP contribution in [0.15, 0.2) is 18.2 Å². The molecular weight excluding hydrogens is 271 g/mol. The Morgan fingerprint density at radius 3 is 2.94 bits per heavy atom. The van der Waals surface area contributed by atoms with Gasteiger partial charge in [-0.05, 0) is 43.6 Å². The lowest BCUT2D eigenvalue weighted by Crippen LogP contribution is -2.48. The number of carbonyl (C=O) groups is 1. The molecule has 1 heterocycles. The molecule has 2 unspecified atom stereocenters. The Kier molecular flexibility index (Phi) is 4.49. The van der Waals surface area contributed by atoms with E-state index in [4.69, 9.17) is 23.2 Å². The monoisotopic (exact) mass is 286 g/mol. The van der Waals surface area contributed by atoms with Gasteiger partial charge in [-0.15, -0.1) is 0 Å². The molecule has 0 aromatic heterocycles. The Morgan fingerprint density at radius 2 is 2.22 bits per heavy atom. The lowest BCUT2D eigenvalue weighted by molar-refractivity contribution is 0.0914. The normalized spacial score (nSPS) is 23.7. The standard InChI is InChI=1S/C13H16Cl2N2O/c1-8-7-16-5-4-12(8)17-13(18)10-6-9(14)2-3-11(10)15/h2-3,6,8,12,16H,4-5,7H2,1H3,(H,17,18). The van der Waals surface area contributed by atoms with Crippen molar-refractivity contribution in [2.24, 2.45) is 5.92 Å². The smallest absolute Gasteiger partial charge is 0.253 e. The number of nitrogens with one attached hydrogen (secondary N) is 2. The minimum Gasteiger partial charge on any atom is -0.349 e. The molecule has 0 radical (unpaired) electrons. The van der Waals surface area contributed by atoms with E-state index in [2.05, 4.69) is 17.6 Å². The first-order valence-electron chi connectivity index (χ1n) is 6.04. The molecule has 1 aliphatic rings. The number of piperidine rings is 1. The fourth-order valence-corrected chi connectivity index (χ4v) is 2.52. The van der Waals surface area contributed by atoms with E-state index in [0.717, 1.165) is 19.5 Å². The van der Waals surface area contributed by atoms with Crippen molar-refractivity contribution in [2.75, 3.05) is 13.1 Å². The highest BCUT2D eigenvalue weighted by Gasteiger charge is 2.23. The van der Waals surface area contributed by atoms with Gasteiger partial charge in [0.05, 0.1) is 10.6 Å². The first kappa shape index (κ1) is 13.7. The van der Waals surface area contributed by atoms with Gasteiger partial charge in [-0.1, -0.05) is 30.1 Å². The second kappa shape index (κ2) is 5.91. The number of hydrogen-bond acceptors (Lipinski definition) is 2. The number of amides is 1. The number of benzene rings is 1. The molecule has 2 rings (SSSR count). The Bertz CT molecular complexity index is 451. The van der Waals surface area contributed by atoms with Gasteiger partial charge in [0, 0.05) is 11.1 Å². The third-order valence-corrected chi connectivity index (χ3v) is 3.84. The molecule has 1 fully saturated rings. The van der Waals surface area contributed by atoms with E-state index in [-0.39, 0.29) is 11.9 Å². The zero-order chi connectivity index (χ0) is 13.1. The molecule has 0 aliphatic carbocycles. The first-order valence-corrected chi connectivity index (χ1v) is 6.80. The highest BCUT2D eigenvalue weighted by atomic mass is 35.5. The Morgan fingerprint density at radius 1 is 1.44 bits per heavy atom. The predicted molar refractivity (Wildman–Crippen MR) is 74.4 cm³/mol. The van der Waals surface area contributed by atoms with Crippen molar-refractivity contribution >= 4 is 29.1 Å². The van der Waals surface area contributed by atoms with Gasteiger partial charge in [0.15, 0.2) is 0 Å². The average Bonchev–Trinajstić information content (AvgIpc) is 2.35. The van der Waals surface area contributed by atoms with E-state index in [0.29, 0.717) is 21.5 Å². The molecule has 18 heavy (non-hydrogen) atoms. The number of halogens is 2. The molecular formula is C13H16Cl2N2O. The molecule has 2 N–H and O–H groups in total. The van der Waals surface area contributed by atoms with Gasteiger partial charge in [0.25, 0.3) is 5.91 Å². The zero-order valence-corrected chi connectivity index (χ0v) is 11.7. The van der Waals surface area contributed by atoms with Crippen molar-refractivity contribution < 1.29 is 4.79 Å². The van der Waals surface area contributed by atoms with E-state index in [1.165, 1.54) is 0 Å². The Labute approximate surface area is 117 Å². The van der Waals surface area contributed by atoms with Crippen LogP contribution in [0.2, 0.25) is 10.0 Å². The maximum absolute atomic E-state index is 12.2. The van der Waals surface area contributed by atoms with Crippen molar-refractivity contribution in [3.05, 3.63) is 33.8 Å². The molecule has 1 amide bonds.